The first kappa shape index (κ1) is 16.7. The first-order chi connectivity index (χ1) is 13.1. The van der Waals surface area contributed by atoms with Crippen molar-refractivity contribution in [1.82, 2.24) is 20.1 Å². The number of fused-ring (bicyclic) bond motifs is 1. The second-order valence-electron chi connectivity index (χ2n) is 6.10. The molecular formula is C20H16N4O3. The summed E-state index contributed by atoms with van der Waals surface area (Å²) >= 11 is 0. The Labute approximate surface area is 154 Å². The summed E-state index contributed by atoms with van der Waals surface area (Å²) in [7, 11) is 0. The van der Waals surface area contributed by atoms with Crippen molar-refractivity contribution >= 4 is 16.9 Å². The van der Waals surface area contributed by atoms with Crippen molar-refractivity contribution in [3.63, 3.8) is 0 Å². The lowest BCUT2D eigenvalue weighted by Gasteiger charge is -2.14. The Kier molecular flexibility index (Phi) is 4.25. The molecule has 1 atom stereocenters. The predicted molar refractivity (Wildman–Crippen MR) is 99.7 cm³/mol. The lowest BCUT2D eigenvalue weighted by Crippen LogP contribution is -2.27. The van der Waals surface area contributed by atoms with Gasteiger partial charge in [-0.2, -0.15) is 5.10 Å². The number of hydrogen-bond acceptors (Lipinski definition) is 5. The van der Waals surface area contributed by atoms with E-state index in [2.05, 4.69) is 15.4 Å². The lowest BCUT2D eigenvalue weighted by atomic mass is 10.1. The Morgan fingerprint density at radius 2 is 1.93 bits per heavy atom. The quantitative estimate of drug-likeness (QED) is 0.604. The van der Waals surface area contributed by atoms with E-state index in [4.69, 9.17) is 4.42 Å². The highest BCUT2D eigenvalue weighted by molar-refractivity contribution is 5.93. The molecule has 0 aliphatic carbocycles. The molecule has 2 aromatic heterocycles. The molecule has 1 N–H and O–H groups in total. The third-order valence-electron chi connectivity index (χ3n) is 4.28. The van der Waals surface area contributed by atoms with Crippen LogP contribution in [-0.4, -0.2) is 20.7 Å². The average molecular weight is 360 g/mol. The van der Waals surface area contributed by atoms with Gasteiger partial charge in [-0.25, -0.2) is 9.67 Å². The lowest BCUT2D eigenvalue weighted by molar-refractivity contribution is 0.0912. The largest absolute Gasteiger partial charge is 0.451 e. The van der Waals surface area contributed by atoms with Crippen LogP contribution in [0.1, 0.15) is 29.1 Å². The predicted octanol–water partition coefficient (Wildman–Crippen LogP) is 2.86. The summed E-state index contributed by atoms with van der Waals surface area (Å²) in [6, 6.07) is 15.4. The van der Waals surface area contributed by atoms with Crippen LogP contribution in [-0.2, 0) is 0 Å². The van der Waals surface area contributed by atoms with E-state index in [-0.39, 0.29) is 17.2 Å². The van der Waals surface area contributed by atoms with Crippen molar-refractivity contribution in [2.75, 3.05) is 0 Å². The number of para-hydroxylation sites is 1. The van der Waals surface area contributed by atoms with Crippen molar-refractivity contribution in [3.8, 4) is 5.69 Å². The van der Waals surface area contributed by atoms with Crippen LogP contribution < -0.4 is 10.7 Å². The standard InChI is InChI=1S/C20H16N4O3/c1-13(14-6-8-15(9-7-14)24-12-21-11-22-24)23-20(26)19-10-17(25)16-4-2-3-5-18(16)27-19/h2-13H,1H3,(H,23,26)/t13-/m1/s1. The number of nitrogens with zero attached hydrogens (tertiary/aromatic N) is 3. The number of aromatic nitrogens is 3. The molecule has 0 unspecified atom stereocenters. The van der Waals surface area contributed by atoms with E-state index in [1.54, 1.807) is 35.3 Å². The molecule has 0 aliphatic heterocycles. The highest BCUT2D eigenvalue weighted by Gasteiger charge is 2.15. The molecule has 4 aromatic rings. The molecule has 0 bridgehead atoms. The number of nitrogens with one attached hydrogen (secondary N) is 1. The van der Waals surface area contributed by atoms with Gasteiger partial charge in [0, 0.05) is 6.07 Å². The summed E-state index contributed by atoms with van der Waals surface area (Å²) in [6.45, 7) is 1.86. The molecule has 0 saturated carbocycles. The van der Waals surface area contributed by atoms with Gasteiger partial charge in [0.25, 0.3) is 5.91 Å². The highest BCUT2D eigenvalue weighted by atomic mass is 16.3. The average Bonchev–Trinajstić information content (AvgIpc) is 3.23. The Morgan fingerprint density at radius 3 is 2.67 bits per heavy atom. The van der Waals surface area contributed by atoms with Gasteiger partial charge in [0.1, 0.15) is 18.2 Å². The van der Waals surface area contributed by atoms with Crippen molar-refractivity contribution in [1.29, 1.82) is 0 Å². The fourth-order valence-corrected chi connectivity index (χ4v) is 2.82. The second kappa shape index (κ2) is 6.87. The van der Waals surface area contributed by atoms with Gasteiger partial charge in [-0.1, -0.05) is 24.3 Å². The molecule has 1 amide bonds. The molecule has 0 spiro atoms. The highest BCUT2D eigenvalue weighted by Crippen LogP contribution is 2.17. The zero-order valence-electron chi connectivity index (χ0n) is 14.5. The molecule has 0 radical (unpaired) electrons. The summed E-state index contributed by atoms with van der Waals surface area (Å²) in [5.74, 6) is -0.449. The molecule has 134 valence electrons. The fraction of sp³-hybridized carbons (Fsp3) is 0.100. The van der Waals surface area contributed by atoms with E-state index in [1.807, 2.05) is 31.2 Å². The summed E-state index contributed by atoms with van der Waals surface area (Å²) in [6.07, 6.45) is 3.08. The van der Waals surface area contributed by atoms with Gasteiger partial charge in [-0.05, 0) is 36.8 Å². The first-order valence-electron chi connectivity index (χ1n) is 8.40. The number of hydrogen-bond donors (Lipinski definition) is 1. The Morgan fingerprint density at radius 1 is 1.15 bits per heavy atom. The van der Waals surface area contributed by atoms with Crippen molar-refractivity contribution in [2.24, 2.45) is 0 Å². The van der Waals surface area contributed by atoms with E-state index in [1.165, 1.54) is 12.4 Å². The summed E-state index contributed by atoms with van der Waals surface area (Å²) < 4.78 is 7.23. The SMILES string of the molecule is C[C@@H](NC(=O)c1cc(=O)c2ccccc2o1)c1ccc(-n2cncn2)cc1. The van der Waals surface area contributed by atoms with Crippen LogP contribution in [0.2, 0.25) is 0 Å². The number of rotatable bonds is 4. The fourth-order valence-electron chi connectivity index (χ4n) is 2.82. The van der Waals surface area contributed by atoms with Crippen LogP contribution in [0.15, 0.2) is 76.5 Å². The van der Waals surface area contributed by atoms with Crippen LogP contribution in [0.25, 0.3) is 16.7 Å². The Hall–Kier alpha value is -3.74. The molecule has 4 rings (SSSR count). The summed E-state index contributed by atoms with van der Waals surface area (Å²) in [5, 5.41) is 7.38. The van der Waals surface area contributed by atoms with Crippen LogP contribution in [0.4, 0.5) is 0 Å². The van der Waals surface area contributed by atoms with Crippen LogP contribution in [0.5, 0.6) is 0 Å². The number of benzene rings is 2. The van der Waals surface area contributed by atoms with Crippen LogP contribution >= 0.6 is 0 Å². The monoisotopic (exact) mass is 360 g/mol. The third kappa shape index (κ3) is 3.35. The normalized spacial score (nSPS) is 12.0. The van der Waals surface area contributed by atoms with Gasteiger partial charge < -0.3 is 9.73 Å². The van der Waals surface area contributed by atoms with E-state index in [0.29, 0.717) is 11.0 Å². The van der Waals surface area contributed by atoms with E-state index in [0.717, 1.165) is 11.3 Å². The number of carbonyl (C=O) groups excluding carboxylic acids is 1. The second-order valence-corrected chi connectivity index (χ2v) is 6.10. The molecule has 2 heterocycles. The topological polar surface area (TPSA) is 90.0 Å². The van der Waals surface area contributed by atoms with Crippen LogP contribution in [0.3, 0.4) is 0 Å². The molecule has 0 aliphatic rings. The third-order valence-corrected chi connectivity index (χ3v) is 4.28. The number of amides is 1. The number of carbonyl (C=O) groups is 1. The summed E-state index contributed by atoms with van der Waals surface area (Å²) in [4.78, 5) is 28.6. The minimum atomic E-state index is -0.439. The Balaban J connectivity index is 1.53. The maximum Gasteiger partial charge on any atom is 0.287 e. The zero-order chi connectivity index (χ0) is 18.8. The van der Waals surface area contributed by atoms with Gasteiger partial charge in [-0.15, -0.1) is 0 Å². The molecule has 2 aromatic carbocycles. The van der Waals surface area contributed by atoms with Crippen molar-refractivity contribution < 1.29 is 9.21 Å². The molecule has 27 heavy (non-hydrogen) atoms. The minimum Gasteiger partial charge on any atom is -0.451 e. The minimum absolute atomic E-state index is 0.00946. The summed E-state index contributed by atoms with van der Waals surface area (Å²) in [5.41, 5.74) is 1.93. The van der Waals surface area contributed by atoms with Crippen molar-refractivity contribution in [2.45, 2.75) is 13.0 Å². The van der Waals surface area contributed by atoms with Gasteiger partial charge in [0.15, 0.2) is 11.2 Å². The maximum atomic E-state index is 12.5. The maximum absolute atomic E-state index is 12.5. The zero-order valence-corrected chi connectivity index (χ0v) is 14.5. The van der Waals surface area contributed by atoms with Gasteiger partial charge >= 0.3 is 0 Å². The van der Waals surface area contributed by atoms with Crippen molar-refractivity contribution in [3.05, 3.63) is 88.8 Å². The molecule has 7 heteroatoms. The first-order valence-corrected chi connectivity index (χ1v) is 8.40. The molecule has 0 fully saturated rings. The van der Waals surface area contributed by atoms with E-state index < -0.39 is 5.91 Å². The van der Waals surface area contributed by atoms with Gasteiger partial charge in [0.2, 0.25) is 0 Å². The molecule has 0 saturated heterocycles. The molecule has 7 nitrogen and oxygen atoms in total. The Bertz CT molecular complexity index is 1150. The molecular weight excluding hydrogens is 344 g/mol. The van der Waals surface area contributed by atoms with Crippen LogP contribution in [0, 0.1) is 0 Å². The van der Waals surface area contributed by atoms with E-state index in [9.17, 15) is 9.59 Å². The smallest absolute Gasteiger partial charge is 0.287 e. The van der Waals surface area contributed by atoms with Gasteiger partial charge in [0.05, 0.1) is 17.1 Å². The van der Waals surface area contributed by atoms with Gasteiger partial charge in [-0.3, -0.25) is 9.59 Å². The van der Waals surface area contributed by atoms with E-state index >= 15 is 0 Å².